The number of nitrogens with one attached hydrogen (secondary N) is 1. The van der Waals surface area contributed by atoms with Gasteiger partial charge in [0.25, 0.3) is 5.91 Å². The van der Waals surface area contributed by atoms with Gasteiger partial charge in [0.05, 0.1) is 0 Å². The van der Waals surface area contributed by atoms with Gasteiger partial charge in [0, 0.05) is 12.2 Å². The quantitative estimate of drug-likeness (QED) is 0.730. The summed E-state index contributed by atoms with van der Waals surface area (Å²) in [7, 11) is 0. The van der Waals surface area contributed by atoms with Gasteiger partial charge in [-0.15, -0.1) is 11.8 Å². The molecule has 2 saturated heterocycles. The predicted molar refractivity (Wildman–Crippen MR) is 93.7 cm³/mol. The van der Waals surface area contributed by atoms with Gasteiger partial charge >= 0.3 is 12.0 Å². The van der Waals surface area contributed by atoms with Crippen molar-refractivity contribution in [2.75, 3.05) is 5.75 Å². The van der Waals surface area contributed by atoms with Gasteiger partial charge in [0.15, 0.2) is 6.10 Å². The van der Waals surface area contributed by atoms with Crippen LogP contribution in [0.25, 0.3) is 0 Å². The fourth-order valence-electron chi connectivity index (χ4n) is 3.36. The van der Waals surface area contributed by atoms with Crippen LogP contribution < -0.4 is 11.1 Å². The van der Waals surface area contributed by atoms with Crippen molar-refractivity contribution in [1.29, 1.82) is 0 Å². The highest BCUT2D eigenvalue weighted by Crippen LogP contribution is 2.54. The number of nitrogens with two attached hydrogens (primary N) is 1. The Labute approximate surface area is 158 Å². The topological polar surface area (TPSA) is 119 Å². The Morgan fingerprint density at radius 1 is 1.37 bits per heavy atom. The summed E-state index contributed by atoms with van der Waals surface area (Å²) in [5.74, 6) is -1.90. The van der Waals surface area contributed by atoms with Crippen LogP contribution in [0.2, 0.25) is 0 Å². The van der Waals surface area contributed by atoms with Crippen LogP contribution in [-0.4, -0.2) is 46.6 Å². The maximum absolute atomic E-state index is 13.3. The maximum atomic E-state index is 13.3. The first-order valence-electron chi connectivity index (χ1n) is 8.27. The molecule has 0 aromatic heterocycles. The van der Waals surface area contributed by atoms with Gasteiger partial charge in [0.2, 0.25) is 5.91 Å². The van der Waals surface area contributed by atoms with E-state index in [4.69, 9.17) is 10.5 Å². The molecular weight excluding hydrogens is 377 g/mol. The zero-order chi connectivity index (χ0) is 19.8. The number of carbonyl (C=O) groups is 4. The molecule has 3 rings (SSSR count). The molecule has 2 aliphatic rings. The van der Waals surface area contributed by atoms with Gasteiger partial charge in [-0.25, -0.2) is 14.0 Å². The van der Waals surface area contributed by atoms with Crippen molar-refractivity contribution in [2.45, 2.75) is 36.8 Å². The number of benzene rings is 1. The summed E-state index contributed by atoms with van der Waals surface area (Å²) in [6, 6.07) is 3.90. The summed E-state index contributed by atoms with van der Waals surface area (Å²) in [5, 5.41) is 1.83. The summed E-state index contributed by atoms with van der Waals surface area (Å²) in [4.78, 5) is 48.2. The predicted octanol–water partition coefficient (Wildman–Crippen LogP) is 0.843. The van der Waals surface area contributed by atoms with Crippen LogP contribution in [0.5, 0.6) is 0 Å². The molecular formula is C17H18FN3O5S. The standard InChI is InChI=1S/C17H18FN3O5S/c1-9(14(23)20-16(19)25)26-15(24)12-8-27-17(7-6-13(22)21(12)17)10-2-4-11(18)5-3-10/h2-5,9,12H,6-8H2,1H3,(H3,19,20,23,25)/t9-,12+,17-/m1/s1. The zero-order valence-electron chi connectivity index (χ0n) is 14.4. The van der Waals surface area contributed by atoms with Gasteiger partial charge < -0.3 is 15.4 Å². The van der Waals surface area contributed by atoms with Crippen molar-refractivity contribution in [3.63, 3.8) is 0 Å². The first-order chi connectivity index (χ1) is 12.7. The highest BCUT2D eigenvalue weighted by Gasteiger charge is 2.57. The molecule has 3 atom stereocenters. The Morgan fingerprint density at radius 3 is 2.67 bits per heavy atom. The van der Waals surface area contributed by atoms with Crippen LogP contribution in [0.4, 0.5) is 9.18 Å². The van der Waals surface area contributed by atoms with E-state index in [9.17, 15) is 23.6 Å². The Hall–Kier alpha value is -2.62. The molecule has 1 aromatic carbocycles. The number of hydrogen-bond acceptors (Lipinski definition) is 6. The Bertz CT molecular complexity index is 802. The second-order valence-electron chi connectivity index (χ2n) is 6.31. The monoisotopic (exact) mass is 395 g/mol. The number of rotatable bonds is 4. The average molecular weight is 395 g/mol. The maximum Gasteiger partial charge on any atom is 0.330 e. The van der Waals surface area contributed by atoms with E-state index in [1.807, 2.05) is 5.32 Å². The van der Waals surface area contributed by atoms with Crippen molar-refractivity contribution in [2.24, 2.45) is 5.73 Å². The number of carbonyl (C=O) groups excluding carboxylic acids is 4. The Kier molecular flexibility index (Phi) is 5.09. The molecule has 144 valence electrons. The van der Waals surface area contributed by atoms with Crippen LogP contribution in [0.3, 0.4) is 0 Å². The lowest BCUT2D eigenvalue weighted by Gasteiger charge is -2.33. The minimum atomic E-state index is -1.24. The number of urea groups is 1. The molecule has 10 heteroatoms. The van der Waals surface area contributed by atoms with E-state index in [1.54, 1.807) is 12.1 Å². The summed E-state index contributed by atoms with van der Waals surface area (Å²) in [6.45, 7) is 1.30. The lowest BCUT2D eigenvalue weighted by Crippen LogP contribution is -2.49. The van der Waals surface area contributed by atoms with Gasteiger partial charge in [-0.1, -0.05) is 12.1 Å². The second kappa shape index (κ2) is 7.18. The molecule has 0 saturated carbocycles. The number of thioether (sulfide) groups is 1. The number of fused-ring (bicyclic) bond motifs is 1. The van der Waals surface area contributed by atoms with Gasteiger partial charge in [-0.3, -0.25) is 14.9 Å². The highest BCUT2D eigenvalue weighted by molar-refractivity contribution is 8.00. The van der Waals surface area contributed by atoms with Gasteiger partial charge in [0.1, 0.15) is 16.7 Å². The van der Waals surface area contributed by atoms with E-state index in [0.717, 1.165) is 5.56 Å². The van der Waals surface area contributed by atoms with E-state index in [1.165, 1.54) is 35.7 Å². The normalized spacial score (nSPS) is 25.0. The molecule has 3 N–H and O–H groups in total. The van der Waals surface area contributed by atoms with E-state index in [2.05, 4.69) is 0 Å². The van der Waals surface area contributed by atoms with E-state index in [0.29, 0.717) is 6.42 Å². The van der Waals surface area contributed by atoms with Crippen molar-refractivity contribution in [1.82, 2.24) is 10.2 Å². The van der Waals surface area contributed by atoms with Crippen LogP contribution in [-0.2, 0) is 24.0 Å². The molecule has 2 heterocycles. The third-order valence-electron chi connectivity index (χ3n) is 4.60. The SMILES string of the molecule is C[C@@H](OC(=O)[C@@H]1CS[C@@]2(c3ccc(F)cc3)CCC(=O)N12)C(=O)NC(N)=O. The summed E-state index contributed by atoms with van der Waals surface area (Å²) in [6.07, 6.45) is -0.497. The zero-order valence-corrected chi connectivity index (χ0v) is 15.3. The second-order valence-corrected chi connectivity index (χ2v) is 7.61. The molecule has 2 aliphatic heterocycles. The first kappa shape index (κ1) is 19.2. The molecule has 0 aliphatic carbocycles. The molecule has 0 bridgehead atoms. The van der Waals surface area contributed by atoms with Crippen LogP contribution in [0.15, 0.2) is 24.3 Å². The molecule has 2 fully saturated rings. The lowest BCUT2D eigenvalue weighted by atomic mass is 10.0. The van der Waals surface area contributed by atoms with Crippen molar-refractivity contribution in [3.8, 4) is 0 Å². The lowest BCUT2D eigenvalue weighted by molar-refractivity contribution is -0.161. The van der Waals surface area contributed by atoms with Crippen molar-refractivity contribution in [3.05, 3.63) is 35.6 Å². The number of imide groups is 1. The third-order valence-corrected chi connectivity index (χ3v) is 6.20. The van der Waals surface area contributed by atoms with Crippen LogP contribution in [0.1, 0.15) is 25.3 Å². The average Bonchev–Trinajstić information content (AvgIpc) is 3.14. The minimum Gasteiger partial charge on any atom is -0.451 e. The molecule has 8 nitrogen and oxygen atoms in total. The summed E-state index contributed by atoms with van der Waals surface area (Å²) >= 11 is 1.41. The largest absolute Gasteiger partial charge is 0.451 e. The molecule has 27 heavy (non-hydrogen) atoms. The molecule has 0 unspecified atom stereocenters. The smallest absolute Gasteiger partial charge is 0.330 e. The number of nitrogens with zero attached hydrogens (tertiary/aromatic N) is 1. The molecule has 1 aromatic rings. The number of amides is 4. The summed E-state index contributed by atoms with van der Waals surface area (Å²) in [5.41, 5.74) is 5.60. The van der Waals surface area contributed by atoms with Gasteiger partial charge in [-0.05, 0) is 31.0 Å². The van der Waals surface area contributed by atoms with Crippen LogP contribution >= 0.6 is 11.8 Å². The molecule has 0 spiro atoms. The number of ether oxygens (including phenoxy) is 1. The van der Waals surface area contributed by atoms with Crippen LogP contribution in [0, 0.1) is 5.82 Å². The molecule has 4 amide bonds. The van der Waals surface area contributed by atoms with E-state index >= 15 is 0 Å². The minimum absolute atomic E-state index is 0.208. The van der Waals surface area contributed by atoms with E-state index < -0.39 is 34.9 Å². The Balaban J connectivity index is 1.79. The highest BCUT2D eigenvalue weighted by atomic mass is 32.2. The first-order valence-corrected chi connectivity index (χ1v) is 9.26. The number of esters is 1. The summed E-state index contributed by atoms with van der Waals surface area (Å²) < 4.78 is 18.4. The van der Waals surface area contributed by atoms with Gasteiger partial charge in [-0.2, -0.15) is 0 Å². The van der Waals surface area contributed by atoms with Crippen molar-refractivity contribution >= 4 is 35.6 Å². The Morgan fingerprint density at radius 2 is 2.04 bits per heavy atom. The fourth-order valence-corrected chi connectivity index (χ4v) is 4.99. The number of primary amides is 1. The fraction of sp³-hybridized carbons (Fsp3) is 0.412. The number of halogens is 1. The molecule has 0 radical (unpaired) electrons. The van der Waals surface area contributed by atoms with Crippen molar-refractivity contribution < 1.29 is 28.3 Å². The van der Waals surface area contributed by atoms with E-state index in [-0.39, 0.29) is 23.9 Å². The third kappa shape index (κ3) is 3.48. The number of hydrogen-bond donors (Lipinski definition) is 2.